The quantitative estimate of drug-likeness (QED) is 0.831. The lowest BCUT2D eigenvalue weighted by molar-refractivity contribution is 0.124. The molecule has 1 saturated heterocycles. The van der Waals surface area contributed by atoms with Crippen molar-refractivity contribution in [1.29, 1.82) is 0 Å². The second-order valence-corrected chi connectivity index (χ2v) is 5.76. The van der Waals surface area contributed by atoms with Crippen molar-refractivity contribution < 1.29 is 4.74 Å². The normalized spacial score (nSPS) is 18.6. The zero-order chi connectivity index (χ0) is 15.1. The molecule has 2 rings (SSSR count). The molecule has 1 fully saturated rings. The van der Waals surface area contributed by atoms with Gasteiger partial charge in [0.2, 0.25) is 0 Å². The Bertz CT molecular complexity index is 416. The summed E-state index contributed by atoms with van der Waals surface area (Å²) in [6.45, 7) is 9.28. The molecule has 118 valence electrons. The van der Waals surface area contributed by atoms with Crippen LogP contribution in [0.5, 0.6) is 5.75 Å². The van der Waals surface area contributed by atoms with Gasteiger partial charge in [0.1, 0.15) is 5.75 Å². The van der Waals surface area contributed by atoms with Gasteiger partial charge in [0.15, 0.2) is 0 Å². The number of likely N-dealkylation sites (N-methyl/N-ethyl adjacent to an activating group) is 1. The molecule has 0 radical (unpaired) electrons. The molecule has 0 bridgehead atoms. The molecular formula is C17H29N3O. The minimum atomic E-state index is 0.359. The summed E-state index contributed by atoms with van der Waals surface area (Å²) in [5.41, 5.74) is 1.30. The zero-order valence-electron chi connectivity index (χ0n) is 13.6. The molecule has 1 unspecified atom stereocenters. The summed E-state index contributed by atoms with van der Waals surface area (Å²) in [7, 11) is 3.76. The van der Waals surface area contributed by atoms with Gasteiger partial charge in [0, 0.05) is 38.8 Å². The molecule has 1 aliphatic heterocycles. The van der Waals surface area contributed by atoms with Crippen LogP contribution >= 0.6 is 0 Å². The molecule has 0 saturated carbocycles. The highest BCUT2D eigenvalue weighted by Gasteiger charge is 2.20. The molecule has 4 nitrogen and oxygen atoms in total. The number of nitrogens with zero attached hydrogens (tertiary/aromatic N) is 2. The molecule has 0 aliphatic carbocycles. The van der Waals surface area contributed by atoms with Crippen LogP contribution in [0.4, 0.5) is 0 Å². The predicted octanol–water partition coefficient (Wildman–Crippen LogP) is 1.98. The van der Waals surface area contributed by atoms with Crippen molar-refractivity contribution in [2.24, 2.45) is 0 Å². The van der Waals surface area contributed by atoms with Gasteiger partial charge in [-0.3, -0.25) is 4.90 Å². The van der Waals surface area contributed by atoms with Crippen molar-refractivity contribution in [1.82, 2.24) is 15.1 Å². The summed E-state index contributed by atoms with van der Waals surface area (Å²) >= 11 is 0. The molecule has 0 spiro atoms. The first-order valence-corrected chi connectivity index (χ1v) is 8.02. The van der Waals surface area contributed by atoms with Gasteiger partial charge in [-0.25, -0.2) is 0 Å². The van der Waals surface area contributed by atoms with E-state index in [0.29, 0.717) is 6.04 Å². The van der Waals surface area contributed by atoms with E-state index in [9.17, 15) is 0 Å². The summed E-state index contributed by atoms with van der Waals surface area (Å²) < 4.78 is 5.33. The Morgan fingerprint density at radius 2 is 1.90 bits per heavy atom. The number of methoxy groups -OCH3 is 1. The Hall–Kier alpha value is -1.10. The fourth-order valence-corrected chi connectivity index (χ4v) is 2.99. The first kappa shape index (κ1) is 16.3. The maximum atomic E-state index is 5.33. The third kappa shape index (κ3) is 4.70. The van der Waals surface area contributed by atoms with E-state index in [1.54, 1.807) is 7.11 Å². The molecule has 0 amide bonds. The van der Waals surface area contributed by atoms with Crippen molar-refractivity contribution in [3.8, 4) is 5.75 Å². The predicted molar refractivity (Wildman–Crippen MR) is 88.0 cm³/mol. The zero-order valence-corrected chi connectivity index (χ0v) is 13.6. The van der Waals surface area contributed by atoms with Gasteiger partial charge in [0.25, 0.3) is 0 Å². The van der Waals surface area contributed by atoms with Gasteiger partial charge >= 0.3 is 0 Å². The monoisotopic (exact) mass is 291 g/mol. The van der Waals surface area contributed by atoms with Crippen LogP contribution in [-0.2, 0) is 0 Å². The van der Waals surface area contributed by atoms with E-state index >= 15 is 0 Å². The first-order valence-electron chi connectivity index (χ1n) is 8.02. The van der Waals surface area contributed by atoms with Gasteiger partial charge in [-0.1, -0.05) is 19.1 Å². The molecule has 0 aromatic heterocycles. The van der Waals surface area contributed by atoms with Crippen molar-refractivity contribution in [2.45, 2.75) is 19.4 Å². The van der Waals surface area contributed by atoms with Crippen LogP contribution in [0.3, 0.4) is 0 Å². The van der Waals surface area contributed by atoms with E-state index in [-0.39, 0.29) is 0 Å². The van der Waals surface area contributed by atoms with E-state index in [0.717, 1.165) is 12.3 Å². The number of hydrogen-bond donors (Lipinski definition) is 1. The van der Waals surface area contributed by atoms with Gasteiger partial charge in [-0.15, -0.1) is 0 Å². The number of nitrogens with one attached hydrogen (secondary N) is 1. The minimum absolute atomic E-state index is 0.359. The minimum Gasteiger partial charge on any atom is -0.497 e. The first-order chi connectivity index (χ1) is 10.3. The van der Waals surface area contributed by atoms with E-state index in [4.69, 9.17) is 4.74 Å². The van der Waals surface area contributed by atoms with Crippen molar-refractivity contribution in [3.05, 3.63) is 29.8 Å². The standard InChI is InChI=1S/C17H29N3O/c1-4-8-19-9-11-20(12-10-19)14-17(18-2)15-6-5-7-16(13-15)21-3/h5-7,13,17-18H,4,8-12,14H2,1-3H3. The van der Waals surface area contributed by atoms with Crippen molar-refractivity contribution >= 4 is 0 Å². The van der Waals surface area contributed by atoms with Crippen molar-refractivity contribution in [2.75, 3.05) is 53.4 Å². The van der Waals surface area contributed by atoms with Crippen LogP contribution in [0.15, 0.2) is 24.3 Å². The largest absolute Gasteiger partial charge is 0.497 e. The second-order valence-electron chi connectivity index (χ2n) is 5.76. The van der Waals surface area contributed by atoms with E-state index < -0.39 is 0 Å². The fraction of sp³-hybridized carbons (Fsp3) is 0.647. The summed E-state index contributed by atoms with van der Waals surface area (Å²) in [4.78, 5) is 5.13. The van der Waals surface area contributed by atoms with Crippen LogP contribution in [0.1, 0.15) is 24.9 Å². The van der Waals surface area contributed by atoms with Crippen LogP contribution in [0.25, 0.3) is 0 Å². The average molecular weight is 291 g/mol. The number of ether oxygens (including phenoxy) is 1. The Morgan fingerprint density at radius 3 is 2.52 bits per heavy atom. The van der Waals surface area contributed by atoms with E-state index in [1.165, 1.54) is 44.7 Å². The molecule has 4 heteroatoms. The molecule has 1 atom stereocenters. The Morgan fingerprint density at radius 1 is 1.19 bits per heavy atom. The fourth-order valence-electron chi connectivity index (χ4n) is 2.99. The molecule has 1 aromatic rings. The third-order valence-corrected chi connectivity index (χ3v) is 4.29. The molecule has 1 aliphatic rings. The Balaban J connectivity index is 1.90. The third-order valence-electron chi connectivity index (χ3n) is 4.29. The highest BCUT2D eigenvalue weighted by molar-refractivity contribution is 5.30. The van der Waals surface area contributed by atoms with Crippen LogP contribution in [-0.4, -0.2) is 63.2 Å². The van der Waals surface area contributed by atoms with Gasteiger partial charge in [-0.2, -0.15) is 0 Å². The summed E-state index contributed by atoms with van der Waals surface area (Å²) in [6.07, 6.45) is 1.25. The second kappa shape index (κ2) is 8.37. The highest BCUT2D eigenvalue weighted by Crippen LogP contribution is 2.20. The molecule has 1 N–H and O–H groups in total. The Kier molecular flexibility index (Phi) is 6.49. The molecule has 21 heavy (non-hydrogen) atoms. The van der Waals surface area contributed by atoms with Gasteiger partial charge in [-0.05, 0) is 37.7 Å². The number of rotatable bonds is 7. The van der Waals surface area contributed by atoms with E-state index in [2.05, 4.69) is 40.2 Å². The molecule has 1 aromatic carbocycles. The number of hydrogen-bond acceptors (Lipinski definition) is 4. The smallest absolute Gasteiger partial charge is 0.119 e. The number of piperazine rings is 1. The maximum Gasteiger partial charge on any atom is 0.119 e. The Labute approximate surface area is 129 Å². The summed E-state index contributed by atoms with van der Waals surface area (Å²) in [5.74, 6) is 0.931. The van der Waals surface area contributed by atoms with Crippen LogP contribution in [0, 0.1) is 0 Å². The van der Waals surface area contributed by atoms with E-state index in [1.807, 2.05) is 13.1 Å². The lowest BCUT2D eigenvalue weighted by atomic mass is 10.1. The highest BCUT2D eigenvalue weighted by atomic mass is 16.5. The maximum absolute atomic E-state index is 5.33. The summed E-state index contributed by atoms with van der Waals surface area (Å²) in [5, 5.41) is 3.44. The SMILES string of the molecule is CCCN1CCN(CC(NC)c2cccc(OC)c2)CC1. The van der Waals surface area contributed by atoms with Gasteiger partial charge in [0.05, 0.1) is 7.11 Å². The van der Waals surface area contributed by atoms with Crippen molar-refractivity contribution in [3.63, 3.8) is 0 Å². The van der Waals surface area contributed by atoms with Crippen LogP contribution in [0.2, 0.25) is 0 Å². The van der Waals surface area contributed by atoms with Gasteiger partial charge < -0.3 is 15.0 Å². The molecular weight excluding hydrogens is 262 g/mol. The lowest BCUT2D eigenvalue weighted by Crippen LogP contribution is -2.48. The average Bonchev–Trinajstić information content (AvgIpc) is 2.54. The number of benzene rings is 1. The van der Waals surface area contributed by atoms with Crippen LogP contribution < -0.4 is 10.1 Å². The topological polar surface area (TPSA) is 27.7 Å². The molecule has 1 heterocycles. The lowest BCUT2D eigenvalue weighted by Gasteiger charge is -2.36. The summed E-state index contributed by atoms with van der Waals surface area (Å²) in [6, 6.07) is 8.74.